The summed E-state index contributed by atoms with van der Waals surface area (Å²) in [5.74, 6) is -0.318. The molecular formula is C9H16BO2. The van der Waals surface area contributed by atoms with Crippen molar-refractivity contribution in [3.05, 3.63) is 12.2 Å². The van der Waals surface area contributed by atoms with Crippen LogP contribution in [0.25, 0.3) is 0 Å². The number of carbonyl (C=O) groups excluding carboxylic acids is 1. The number of hydrogen-bond acceptors (Lipinski definition) is 2. The molecule has 0 rings (SSSR count). The first-order valence-corrected chi connectivity index (χ1v) is 4.06. The summed E-state index contributed by atoms with van der Waals surface area (Å²) < 4.78 is 5.17. The molecule has 0 unspecified atom stereocenters. The maximum absolute atomic E-state index is 11.1. The lowest BCUT2D eigenvalue weighted by Gasteiger charge is -2.24. The van der Waals surface area contributed by atoms with Gasteiger partial charge in [0.15, 0.2) is 0 Å². The van der Waals surface area contributed by atoms with Gasteiger partial charge in [-0.3, -0.25) is 0 Å². The summed E-state index contributed by atoms with van der Waals surface area (Å²) in [6, 6.07) is 0. The smallest absolute Gasteiger partial charge is 0.333 e. The third-order valence-corrected chi connectivity index (χ3v) is 1.41. The first-order valence-electron chi connectivity index (χ1n) is 4.06. The van der Waals surface area contributed by atoms with Crippen molar-refractivity contribution >= 4 is 13.2 Å². The van der Waals surface area contributed by atoms with Gasteiger partial charge in [-0.25, -0.2) is 4.79 Å². The van der Waals surface area contributed by atoms with Crippen LogP contribution in [-0.2, 0) is 9.53 Å². The van der Waals surface area contributed by atoms with E-state index in [1.807, 2.05) is 28.0 Å². The van der Waals surface area contributed by atoms with Gasteiger partial charge in [0.1, 0.15) is 7.28 Å². The van der Waals surface area contributed by atoms with Crippen LogP contribution in [0.5, 0.6) is 0 Å². The van der Waals surface area contributed by atoms with E-state index in [1.165, 1.54) is 0 Å². The molecule has 0 saturated carbocycles. The van der Waals surface area contributed by atoms with Crippen LogP contribution < -0.4 is 0 Å². The number of ether oxygens (including phenoxy) is 1. The number of carbonyl (C=O) groups is 1. The predicted octanol–water partition coefficient (Wildman–Crippen LogP) is 2.05. The van der Waals surface area contributed by atoms with E-state index in [1.54, 1.807) is 6.92 Å². The molecule has 0 aromatic rings. The van der Waals surface area contributed by atoms with Crippen molar-refractivity contribution in [3.8, 4) is 0 Å². The van der Waals surface area contributed by atoms with Gasteiger partial charge in [0.25, 0.3) is 0 Å². The lowest BCUT2D eigenvalue weighted by molar-refractivity contribution is -0.149. The summed E-state index contributed by atoms with van der Waals surface area (Å²) in [6.45, 7) is 10.9. The van der Waals surface area contributed by atoms with Crippen LogP contribution >= 0.6 is 0 Å². The van der Waals surface area contributed by atoms with Gasteiger partial charge in [-0.2, -0.15) is 0 Å². The Hall–Kier alpha value is -0.725. The second-order valence-corrected chi connectivity index (χ2v) is 3.54. The highest BCUT2D eigenvalue weighted by atomic mass is 16.6. The molecule has 0 bridgehead atoms. The second-order valence-electron chi connectivity index (χ2n) is 3.54. The molecular weight excluding hydrogens is 151 g/mol. The Balaban J connectivity index is 4.05. The molecule has 0 N–H and O–H groups in total. The monoisotopic (exact) mass is 167 g/mol. The summed E-state index contributed by atoms with van der Waals surface area (Å²) in [4.78, 5) is 11.1. The molecule has 0 fully saturated rings. The molecule has 0 aliphatic carbocycles. The fourth-order valence-corrected chi connectivity index (χ4v) is 0.871. The normalized spacial score (nSPS) is 10.7. The van der Waals surface area contributed by atoms with Crippen LogP contribution in [0.4, 0.5) is 0 Å². The third kappa shape index (κ3) is 4.22. The zero-order valence-electron chi connectivity index (χ0n) is 8.31. The maximum atomic E-state index is 11.1. The summed E-state index contributed by atoms with van der Waals surface area (Å²) in [6.07, 6.45) is 0.756. The Kier molecular flexibility index (Phi) is 4.08. The van der Waals surface area contributed by atoms with Gasteiger partial charge < -0.3 is 4.74 Å². The minimum absolute atomic E-state index is 0.318. The molecule has 67 valence electrons. The van der Waals surface area contributed by atoms with Crippen molar-refractivity contribution in [2.45, 2.75) is 39.5 Å². The van der Waals surface area contributed by atoms with Crippen molar-refractivity contribution in [1.82, 2.24) is 0 Å². The fourth-order valence-electron chi connectivity index (χ4n) is 0.871. The SMILES string of the molecule is C=C(C)C(=O)OC(C)(C)C[B]C. The molecule has 0 atom stereocenters. The topological polar surface area (TPSA) is 26.3 Å². The van der Waals surface area contributed by atoms with Crippen LogP contribution in [-0.4, -0.2) is 18.8 Å². The van der Waals surface area contributed by atoms with Gasteiger partial charge >= 0.3 is 5.97 Å². The number of rotatable bonds is 4. The van der Waals surface area contributed by atoms with Crippen molar-refractivity contribution in [2.24, 2.45) is 0 Å². The molecule has 0 aliphatic heterocycles. The van der Waals surface area contributed by atoms with Gasteiger partial charge in [-0.05, 0) is 27.1 Å². The quantitative estimate of drug-likeness (QED) is 0.364. The summed E-state index contributed by atoms with van der Waals surface area (Å²) in [5.41, 5.74) is 0.0318. The Bertz CT molecular complexity index is 185. The van der Waals surface area contributed by atoms with E-state index < -0.39 is 5.60 Å². The molecule has 0 amide bonds. The molecule has 1 radical (unpaired) electrons. The van der Waals surface area contributed by atoms with Gasteiger partial charge in [0.05, 0.1) is 5.60 Å². The van der Waals surface area contributed by atoms with Crippen LogP contribution in [0.15, 0.2) is 12.2 Å². The highest BCUT2D eigenvalue weighted by Crippen LogP contribution is 2.16. The Morgan fingerprint density at radius 1 is 1.58 bits per heavy atom. The van der Waals surface area contributed by atoms with Crippen LogP contribution in [0.2, 0.25) is 13.1 Å². The highest BCUT2D eigenvalue weighted by Gasteiger charge is 2.21. The number of hydrogen-bond donors (Lipinski definition) is 0. The molecule has 0 heterocycles. The van der Waals surface area contributed by atoms with Crippen LogP contribution in [0, 0.1) is 0 Å². The maximum Gasteiger partial charge on any atom is 0.333 e. The average Bonchev–Trinajstić information content (AvgIpc) is 1.85. The fraction of sp³-hybridized carbons (Fsp3) is 0.667. The molecule has 12 heavy (non-hydrogen) atoms. The molecule has 3 heteroatoms. The van der Waals surface area contributed by atoms with Crippen molar-refractivity contribution < 1.29 is 9.53 Å². The average molecular weight is 167 g/mol. The van der Waals surface area contributed by atoms with Crippen LogP contribution in [0.1, 0.15) is 20.8 Å². The Labute approximate surface area is 75.2 Å². The van der Waals surface area contributed by atoms with Gasteiger partial charge in [0, 0.05) is 5.57 Å². The minimum atomic E-state index is -0.412. The summed E-state index contributed by atoms with van der Waals surface area (Å²) >= 11 is 0. The first-order chi connectivity index (χ1) is 5.39. The molecule has 0 spiro atoms. The lowest BCUT2D eigenvalue weighted by Crippen LogP contribution is -2.28. The highest BCUT2D eigenvalue weighted by molar-refractivity contribution is 6.33. The summed E-state index contributed by atoms with van der Waals surface area (Å²) in [7, 11) is 1.98. The first kappa shape index (κ1) is 11.3. The predicted molar refractivity (Wildman–Crippen MR) is 51.4 cm³/mol. The molecule has 2 nitrogen and oxygen atoms in total. The van der Waals surface area contributed by atoms with Crippen molar-refractivity contribution in [1.29, 1.82) is 0 Å². The van der Waals surface area contributed by atoms with E-state index in [4.69, 9.17) is 4.74 Å². The van der Waals surface area contributed by atoms with E-state index in [9.17, 15) is 4.79 Å². The van der Waals surface area contributed by atoms with Gasteiger partial charge in [-0.1, -0.05) is 13.4 Å². The largest absolute Gasteiger partial charge is 0.457 e. The second kappa shape index (κ2) is 4.34. The minimum Gasteiger partial charge on any atom is -0.457 e. The van der Waals surface area contributed by atoms with Crippen LogP contribution in [0.3, 0.4) is 0 Å². The molecule has 0 aliphatic rings. The zero-order chi connectivity index (χ0) is 9.78. The van der Waals surface area contributed by atoms with E-state index in [2.05, 4.69) is 6.58 Å². The zero-order valence-corrected chi connectivity index (χ0v) is 8.31. The van der Waals surface area contributed by atoms with Gasteiger partial charge in [0.2, 0.25) is 0 Å². The molecule has 0 aromatic carbocycles. The number of esters is 1. The van der Waals surface area contributed by atoms with Crippen molar-refractivity contribution in [3.63, 3.8) is 0 Å². The van der Waals surface area contributed by atoms with Crippen molar-refractivity contribution in [2.75, 3.05) is 0 Å². The molecule has 0 saturated heterocycles. The third-order valence-electron chi connectivity index (χ3n) is 1.41. The van der Waals surface area contributed by atoms with E-state index >= 15 is 0 Å². The summed E-state index contributed by atoms with van der Waals surface area (Å²) in [5, 5.41) is 0. The van der Waals surface area contributed by atoms with E-state index in [-0.39, 0.29) is 5.97 Å². The molecule has 0 aromatic heterocycles. The Morgan fingerprint density at radius 2 is 2.08 bits per heavy atom. The standard InChI is InChI=1S/C9H16BO2/c1-7(2)8(11)12-9(3,4)6-10-5/h1,6H2,2-5H3. The lowest BCUT2D eigenvalue weighted by atomic mass is 9.71. The van der Waals surface area contributed by atoms with E-state index in [0.717, 1.165) is 6.32 Å². The Morgan fingerprint density at radius 3 is 2.42 bits per heavy atom. The van der Waals surface area contributed by atoms with Gasteiger partial charge in [-0.15, -0.1) is 0 Å². The van der Waals surface area contributed by atoms with E-state index in [0.29, 0.717) is 5.57 Å².